The maximum atomic E-state index is 13.9. The number of anilines is 4. The number of ether oxygens (including phenoxy) is 1. The van der Waals surface area contributed by atoms with Gasteiger partial charge in [0.25, 0.3) is 11.8 Å². The first kappa shape index (κ1) is 38.3. The van der Waals surface area contributed by atoms with Crippen LogP contribution in [0, 0.1) is 0 Å². The Morgan fingerprint density at radius 1 is 0.964 bits per heavy atom. The third-order valence-corrected chi connectivity index (χ3v) is 11.0. The minimum atomic E-state index is -4.69. The van der Waals surface area contributed by atoms with Gasteiger partial charge in [0.05, 0.1) is 34.3 Å². The first-order valence-corrected chi connectivity index (χ1v) is 19.3. The minimum absolute atomic E-state index is 0.0330. The molecule has 292 valence electrons. The van der Waals surface area contributed by atoms with Crippen LogP contribution >= 0.6 is 0 Å². The van der Waals surface area contributed by atoms with E-state index in [-0.39, 0.29) is 48.1 Å². The third kappa shape index (κ3) is 8.01. The second kappa shape index (κ2) is 14.9. The summed E-state index contributed by atoms with van der Waals surface area (Å²) in [5.74, 6) is -1.74. The molecular weight excluding hydrogens is 756 g/mol. The van der Waals surface area contributed by atoms with Crippen molar-refractivity contribution in [3.05, 3.63) is 107 Å². The second-order valence-corrected chi connectivity index (χ2v) is 15.7. The number of hydrogen-bond donors (Lipinski definition) is 3. The molecule has 7 rings (SSSR count). The molecule has 3 aromatic carbocycles. The number of para-hydroxylation sites is 1. The molecule has 56 heavy (non-hydrogen) atoms. The number of aromatic nitrogens is 1. The van der Waals surface area contributed by atoms with Gasteiger partial charge in [0.15, 0.2) is 0 Å². The van der Waals surface area contributed by atoms with Crippen LogP contribution in [0.4, 0.5) is 36.1 Å². The Balaban J connectivity index is 0.936. The number of nitrogens with zero attached hydrogens (tertiary/aromatic N) is 4. The van der Waals surface area contributed by atoms with Gasteiger partial charge in [-0.2, -0.15) is 13.2 Å². The van der Waals surface area contributed by atoms with E-state index in [0.717, 1.165) is 27.2 Å². The van der Waals surface area contributed by atoms with Crippen molar-refractivity contribution < 1.29 is 45.5 Å². The van der Waals surface area contributed by atoms with E-state index in [1.165, 1.54) is 25.2 Å². The van der Waals surface area contributed by atoms with Crippen molar-refractivity contribution in [1.82, 2.24) is 20.1 Å². The summed E-state index contributed by atoms with van der Waals surface area (Å²) in [6, 6.07) is 18.7. The monoisotopic (exact) mass is 791 g/mol. The van der Waals surface area contributed by atoms with E-state index in [9.17, 15) is 40.8 Å². The number of hydrogen-bond acceptors (Lipinski definition) is 11. The number of amides is 4. The van der Waals surface area contributed by atoms with E-state index >= 15 is 0 Å². The van der Waals surface area contributed by atoms with Crippen LogP contribution in [0.3, 0.4) is 0 Å². The van der Waals surface area contributed by atoms with Crippen LogP contribution in [0.1, 0.15) is 50.2 Å². The lowest BCUT2D eigenvalue weighted by Gasteiger charge is -2.39. The fourth-order valence-electron chi connectivity index (χ4n) is 6.77. The first-order valence-electron chi connectivity index (χ1n) is 17.5. The Hall–Kier alpha value is -6.01. The number of imide groups is 2. The summed E-state index contributed by atoms with van der Waals surface area (Å²) < 4.78 is 73.2. The van der Waals surface area contributed by atoms with Gasteiger partial charge in [0.1, 0.15) is 23.7 Å². The Bertz CT molecular complexity index is 2330. The van der Waals surface area contributed by atoms with Crippen LogP contribution in [0.5, 0.6) is 5.75 Å². The standard InChI is InChI=1S/C38H36F3N7O7S/c1-46(56(2,53)54)31-6-4-3-5-23(31)17-42-30-16-33(43-18-29(30)38(39,40)41)44-24-9-7-22(8-10-24)19-47-20-26(21-47)55-25-11-12-27-28(15-25)37(52)48(36(27)51)32-13-14-34(49)45-35(32)50/h3-12,15-16,18,26,32H,13-14,17,19-21H2,1-2H3,(H2,42,43,44)(H,45,49,50). The molecule has 1 aromatic heterocycles. The van der Waals surface area contributed by atoms with Gasteiger partial charge in [0, 0.05) is 57.6 Å². The van der Waals surface area contributed by atoms with Crippen LogP contribution in [-0.4, -0.2) is 85.4 Å². The van der Waals surface area contributed by atoms with Gasteiger partial charge in [0.2, 0.25) is 21.8 Å². The second-order valence-electron chi connectivity index (χ2n) is 13.7. The highest BCUT2D eigenvalue weighted by Gasteiger charge is 2.45. The smallest absolute Gasteiger partial charge is 0.419 e. The molecule has 0 spiro atoms. The van der Waals surface area contributed by atoms with Gasteiger partial charge >= 0.3 is 6.18 Å². The molecule has 4 amide bonds. The maximum absolute atomic E-state index is 13.9. The highest BCUT2D eigenvalue weighted by Crippen LogP contribution is 2.37. The van der Waals surface area contributed by atoms with E-state index in [0.29, 0.717) is 42.3 Å². The quantitative estimate of drug-likeness (QED) is 0.173. The normalized spacial score (nSPS) is 17.7. The first-order chi connectivity index (χ1) is 26.5. The van der Waals surface area contributed by atoms with E-state index in [1.54, 1.807) is 42.5 Å². The zero-order chi connectivity index (χ0) is 39.9. The van der Waals surface area contributed by atoms with Gasteiger partial charge in [-0.1, -0.05) is 30.3 Å². The van der Waals surface area contributed by atoms with Crippen molar-refractivity contribution in [3.63, 3.8) is 0 Å². The summed E-state index contributed by atoms with van der Waals surface area (Å²) in [5.41, 5.74) is 1.50. The van der Waals surface area contributed by atoms with Crippen molar-refractivity contribution in [2.24, 2.45) is 0 Å². The molecule has 1 unspecified atom stereocenters. The van der Waals surface area contributed by atoms with E-state index in [4.69, 9.17) is 4.74 Å². The zero-order valence-electron chi connectivity index (χ0n) is 30.1. The zero-order valence-corrected chi connectivity index (χ0v) is 30.9. The van der Waals surface area contributed by atoms with Crippen LogP contribution in [0.2, 0.25) is 0 Å². The molecule has 14 nitrogen and oxygen atoms in total. The lowest BCUT2D eigenvalue weighted by molar-refractivity contribution is -0.137. The molecule has 4 aromatic rings. The van der Waals surface area contributed by atoms with E-state index in [1.807, 2.05) is 12.1 Å². The Morgan fingerprint density at radius 3 is 2.38 bits per heavy atom. The van der Waals surface area contributed by atoms with Gasteiger partial charge in [-0.25, -0.2) is 13.4 Å². The molecular formula is C38H36F3N7O7S. The number of alkyl halides is 3. The number of carbonyl (C=O) groups is 4. The molecule has 18 heteroatoms. The summed E-state index contributed by atoms with van der Waals surface area (Å²) >= 11 is 0. The molecule has 3 aliphatic rings. The van der Waals surface area contributed by atoms with Crippen molar-refractivity contribution in [2.75, 3.05) is 41.3 Å². The molecule has 0 aliphatic carbocycles. The number of sulfonamides is 1. The summed E-state index contributed by atoms with van der Waals surface area (Å²) in [5, 5.41) is 8.03. The van der Waals surface area contributed by atoms with Crippen molar-refractivity contribution >= 4 is 56.5 Å². The third-order valence-electron chi connectivity index (χ3n) is 9.78. The number of fused-ring (bicyclic) bond motifs is 1. The lowest BCUT2D eigenvalue weighted by atomic mass is 10.0. The van der Waals surface area contributed by atoms with Gasteiger partial charge in [-0.05, 0) is 53.9 Å². The van der Waals surface area contributed by atoms with Gasteiger partial charge < -0.3 is 15.4 Å². The summed E-state index contributed by atoms with van der Waals surface area (Å²) in [6.07, 6.45) is -2.98. The predicted molar refractivity (Wildman–Crippen MR) is 199 cm³/mol. The average molecular weight is 792 g/mol. The Morgan fingerprint density at radius 2 is 1.68 bits per heavy atom. The van der Waals surface area contributed by atoms with Gasteiger partial charge in [-0.3, -0.25) is 38.6 Å². The van der Waals surface area contributed by atoms with E-state index in [2.05, 4.69) is 25.8 Å². The van der Waals surface area contributed by atoms with Crippen LogP contribution < -0.4 is 25.0 Å². The number of pyridine rings is 1. The maximum Gasteiger partial charge on any atom is 0.419 e. The Labute approximate surface area is 319 Å². The largest absolute Gasteiger partial charge is 0.488 e. The topological polar surface area (TPSA) is 170 Å². The minimum Gasteiger partial charge on any atom is -0.488 e. The van der Waals surface area contributed by atoms with Gasteiger partial charge in [-0.15, -0.1) is 0 Å². The summed E-state index contributed by atoms with van der Waals surface area (Å²) in [4.78, 5) is 57.0. The number of likely N-dealkylation sites (tertiary alicyclic amines) is 1. The number of benzene rings is 3. The van der Waals surface area contributed by atoms with Crippen molar-refractivity contribution in [2.45, 2.75) is 44.3 Å². The van der Waals surface area contributed by atoms with E-state index < -0.39 is 51.4 Å². The predicted octanol–water partition coefficient (Wildman–Crippen LogP) is 4.52. The Kier molecular flexibility index (Phi) is 10.2. The number of halogens is 3. The van der Waals surface area contributed by atoms with Crippen LogP contribution in [-0.2, 0) is 38.9 Å². The van der Waals surface area contributed by atoms with Crippen LogP contribution in [0.15, 0.2) is 79.0 Å². The number of rotatable bonds is 12. The molecule has 0 saturated carbocycles. The molecule has 3 N–H and O–H groups in total. The molecule has 2 fully saturated rings. The summed E-state index contributed by atoms with van der Waals surface area (Å²) in [7, 11) is -2.23. The molecule has 1 atom stereocenters. The highest BCUT2D eigenvalue weighted by atomic mass is 32.2. The molecule has 0 bridgehead atoms. The molecule has 4 heterocycles. The highest BCUT2D eigenvalue weighted by molar-refractivity contribution is 7.92. The van der Waals surface area contributed by atoms with Crippen molar-refractivity contribution in [1.29, 1.82) is 0 Å². The number of piperidine rings is 1. The fourth-order valence-corrected chi connectivity index (χ4v) is 7.31. The fraction of sp³-hybridized carbons (Fsp3) is 0.289. The average Bonchev–Trinajstić information content (AvgIpc) is 3.37. The lowest BCUT2D eigenvalue weighted by Crippen LogP contribution is -2.54. The molecule has 0 radical (unpaired) electrons. The SMILES string of the molecule is CN(c1ccccc1CNc1cc(Nc2ccc(CN3CC(Oc4ccc5c(c4)C(=O)N(C4CCC(=O)NC4=O)C5=O)C3)cc2)ncc1C(F)(F)F)S(C)(=O)=O. The number of nitrogens with one attached hydrogen (secondary N) is 3. The molecule has 3 aliphatic heterocycles. The molecule has 2 saturated heterocycles. The number of carbonyl (C=O) groups excluding carboxylic acids is 4. The van der Waals surface area contributed by atoms with Crippen molar-refractivity contribution in [3.8, 4) is 5.75 Å². The van der Waals surface area contributed by atoms with Crippen LogP contribution in [0.25, 0.3) is 0 Å². The summed E-state index contributed by atoms with van der Waals surface area (Å²) in [6.45, 7) is 1.69.